The lowest BCUT2D eigenvalue weighted by Gasteiger charge is -2.15. The predicted molar refractivity (Wildman–Crippen MR) is 83.8 cm³/mol. The van der Waals surface area contributed by atoms with Gasteiger partial charge in [-0.15, -0.1) is 0 Å². The lowest BCUT2D eigenvalue weighted by Crippen LogP contribution is -2.17. The highest BCUT2D eigenvalue weighted by molar-refractivity contribution is 7.91. The van der Waals surface area contributed by atoms with Crippen LogP contribution >= 0.6 is 11.6 Å². The second kappa shape index (κ2) is 7.80. The van der Waals surface area contributed by atoms with Crippen LogP contribution in [0.25, 0.3) is 0 Å². The molecule has 1 atom stereocenters. The molecule has 1 unspecified atom stereocenters. The van der Waals surface area contributed by atoms with Gasteiger partial charge in [-0.05, 0) is 30.5 Å². The van der Waals surface area contributed by atoms with E-state index in [1.54, 1.807) is 0 Å². The van der Waals surface area contributed by atoms with Crippen LogP contribution in [0.5, 0.6) is 0 Å². The molecule has 0 aliphatic carbocycles. The largest absolute Gasteiger partial charge is 0.478 e. The van der Waals surface area contributed by atoms with Gasteiger partial charge < -0.3 is 5.11 Å². The van der Waals surface area contributed by atoms with Gasteiger partial charge in [-0.1, -0.05) is 44.7 Å². The van der Waals surface area contributed by atoms with Crippen LogP contribution in [0.4, 0.5) is 0 Å². The predicted octanol–water partition coefficient (Wildman–Crippen LogP) is 4.03. The number of sulfone groups is 1. The van der Waals surface area contributed by atoms with Crippen molar-refractivity contribution in [1.29, 1.82) is 0 Å². The molecule has 0 heterocycles. The summed E-state index contributed by atoms with van der Waals surface area (Å²) in [5.41, 5.74) is -0.0698. The van der Waals surface area contributed by atoms with Gasteiger partial charge in [0.25, 0.3) is 0 Å². The van der Waals surface area contributed by atoms with Gasteiger partial charge in [0, 0.05) is 0 Å². The van der Waals surface area contributed by atoms with Crippen molar-refractivity contribution in [3.63, 3.8) is 0 Å². The molecule has 1 aromatic carbocycles. The zero-order valence-corrected chi connectivity index (χ0v) is 13.9. The molecule has 1 aromatic rings. The molecule has 6 heteroatoms. The van der Waals surface area contributed by atoms with E-state index in [4.69, 9.17) is 16.7 Å². The summed E-state index contributed by atoms with van der Waals surface area (Å²) < 4.78 is 25.0. The maximum absolute atomic E-state index is 12.5. The van der Waals surface area contributed by atoms with Crippen molar-refractivity contribution in [2.24, 2.45) is 5.92 Å². The van der Waals surface area contributed by atoms with Crippen LogP contribution in [-0.4, -0.2) is 25.2 Å². The minimum absolute atomic E-state index is 0.00624. The highest BCUT2D eigenvalue weighted by Gasteiger charge is 2.23. The Morgan fingerprint density at radius 1 is 1.33 bits per heavy atom. The number of halogens is 1. The summed E-state index contributed by atoms with van der Waals surface area (Å²) in [4.78, 5) is 10.9. The highest BCUT2D eigenvalue weighted by atomic mass is 35.5. The molecule has 0 saturated heterocycles. The first kappa shape index (κ1) is 18.0. The van der Waals surface area contributed by atoms with E-state index in [1.165, 1.54) is 12.1 Å². The zero-order valence-electron chi connectivity index (χ0n) is 12.3. The Balaban J connectivity index is 3.06. The first-order valence-electron chi connectivity index (χ1n) is 7.07. The van der Waals surface area contributed by atoms with E-state index >= 15 is 0 Å². The minimum atomic E-state index is -3.58. The quantitative estimate of drug-likeness (QED) is 0.780. The third-order valence-electron chi connectivity index (χ3n) is 3.51. The van der Waals surface area contributed by atoms with E-state index in [9.17, 15) is 13.2 Å². The molecule has 0 aromatic heterocycles. The fraction of sp³-hybridized carbons (Fsp3) is 0.533. The second-order valence-electron chi connectivity index (χ2n) is 5.15. The van der Waals surface area contributed by atoms with Crippen molar-refractivity contribution in [2.45, 2.75) is 44.4 Å². The molecule has 0 saturated carbocycles. The molecule has 118 valence electrons. The van der Waals surface area contributed by atoms with Crippen molar-refractivity contribution in [1.82, 2.24) is 0 Å². The van der Waals surface area contributed by atoms with Crippen LogP contribution in [0.1, 0.15) is 49.9 Å². The van der Waals surface area contributed by atoms with Gasteiger partial charge >= 0.3 is 5.97 Å². The number of rotatable bonds is 8. The zero-order chi connectivity index (χ0) is 16.0. The SMILES string of the molecule is CCCCC(CC)CS(=O)(=O)c1cc(C(=O)O)ccc1Cl. The number of carboxylic acids is 1. The Bertz CT molecular complexity index is 596. The van der Waals surface area contributed by atoms with Crippen molar-refractivity contribution in [3.05, 3.63) is 28.8 Å². The van der Waals surface area contributed by atoms with Crippen LogP contribution in [0, 0.1) is 5.92 Å². The summed E-state index contributed by atoms with van der Waals surface area (Å²) in [5, 5.41) is 9.05. The molecular weight excluding hydrogens is 312 g/mol. The number of aromatic carboxylic acids is 1. The molecule has 1 N–H and O–H groups in total. The summed E-state index contributed by atoms with van der Waals surface area (Å²) in [6, 6.07) is 3.77. The Labute approximate surface area is 131 Å². The standard InChI is InChI=1S/C15H21ClO4S/c1-3-5-6-11(4-2)10-21(19,20)14-9-12(15(17)18)7-8-13(14)16/h7-9,11H,3-6,10H2,1-2H3,(H,17,18). The van der Waals surface area contributed by atoms with Gasteiger partial charge in [-0.3, -0.25) is 0 Å². The van der Waals surface area contributed by atoms with Crippen LogP contribution < -0.4 is 0 Å². The van der Waals surface area contributed by atoms with Gasteiger partial charge in [0.1, 0.15) is 0 Å². The van der Waals surface area contributed by atoms with Crippen LogP contribution in [0.3, 0.4) is 0 Å². The van der Waals surface area contributed by atoms with Gasteiger partial charge in [-0.25, -0.2) is 13.2 Å². The average molecular weight is 333 g/mol. The fourth-order valence-corrected chi connectivity index (χ4v) is 4.52. The molecular formula is C15H21ClO4S. The minimum Gasteiger partial charge on any atom is -0.478 e. The van der Waals surface area contributed by atoms with E-state index in [1.807, 2.05) is 6.92 Å². The molecule has 0 amide bonds. The molecule has 0 aliphatic heterocycles. The topological polar surface area (TPSA) is 71.4 Å². The van der Waals surface area contributed by atoms with E-state index in [2.05, 4.69) is 6.92 Å². The Morgan fingerprint density at radius 2 is 2.00 bits per heavy atom. The molecule has 0 fully saturated rings. The first-order valence-corrected chi connectivity index (χ1v) is 9.10. The van der Waals surface area contributed by atoms with Crippen molar-refractivity contribution in [2.75, 3.05) is 5.75 Å². The molecule has 0 spiro atoms. The number of hydrogen-bond acceptors (Lipinski definition) is 3. The number of benzene rings is 1. The van der Waals surface area contributed by atoms with Crippen molar-refractivity contribution in [3.8, 4) is 0 Å². The van der Waals surface area contributed by atoms with E-state index in [-0.39, 0.29) is 27.2 Å². The highest BCUT2D eigenvalue weighted by Crippen LogP contribution is 2.27. The molecule has 21 heavy (non-hydrogen) atoms. The van der Waals surface area contributed by atoms with E-state index in [0.29, 0.717) is 0 Å². The monoisotopic (exact) mass is 332 g/mol. The number of unbranched alkanes of at least 4 members (excludes halogenated alkanes) is 1. The van der Waals surface area contributed by atoms with Crippen LogP contribution in [0.15, 0.2) is 23.1 Å². The third-order valence-corrected chi connectivity index (χ3v) is 5.87. The summed E-state index contributed by atoms with van der Waals surface area (Å²) in [7, 11) is -3.58. The second-order valence-corrected chi connectivity index (χ2v) is 7.56. The molecule has 0 radical (unpaired) electrons. The molecule has 4 nitrogen and oxygen atoms in total. The lowest BCUT2D eigenvalue weighted by molar-refractivity contribution is 0.0696. The summed E-state index contributed by atoms with van der Waals surface area (Å²) in [6.45, 7) is 4.03. The smallest absolute Gasteiger partial charge is 0.335 e. The Morgan fingerprint density at radius 3 is 2.52 bits per heavy atom. The van der Waals surface area contributed by atoms with E-state index < -0.39 is 15.8 Å². The summed E-state index contributed by atoms with van der Waals surface area (Å²) in [5.74, 6) is -1.09. The first-order chi connectivity index (χ1) is 9.81. The Hall–Kier alpha value is -1.07. The fourth-order valence-electron chi connectivity index (χ4n) is 2.17. The van der Waals surface area contributed by atoms with Crippen LogP contribution in [-0.2, 0) is 9.84 Å². The number of carbonyl (C=O) groups is 1. The van der Waals surface area contributed by atoms with Gasteiger partial charge in [0.05, 0.1) is 21.2 Å². The van der Waals surface area contributed by atoms with Gasteiger partial charge in [0.2, 0.25) is 0 Å². The normalized spacial score (nSPS) is 13.1. The van der Waals surface area contributed by atoms with Crippen LogP contribution in [0.2, 0.25) is 5.02 Å². The molecule has 0 bridgehead atoms. The molecule has 0 aliphatic rings. The summed E-state index contributed by atoms with van der Waals surface area (Å²) >= 11 is 5.94. The third kappa shape index (κ3) is 5.00. The van der Waals surface area contributed by atoms with E-state index in [0.717, 1.165) is 31.7 Å². The van der Waals surface area contributed by atoms with Gasteiger partial charge in [0.15, 0.2) is 9.84 Å². The maximum atomic E-state index is 12.5. The lowest BCUT2D eigenvalue weighted by atomic mass is 10.0. The summed E-state index contributed by atoms with van der Waals surface area (Å²) in [6.07, 6.45) is 3.63. The number of carboxylic acid groups (broad SMARTS) is 1. The number of hydrogen-bond donors (Lipinski definition) is 1. The maximum Gasteiger partial charge on any atom is 0.335 e. The average Bonchev–Trinajstić information content (AvgIpc) is 2.43. The van der Waals surface area contributed by atoms with Crippen molar-refractivity contribution < 1.29 is 18.3 Å². The van der Waals surface area contributed by atoms with Gasteiger partial charge in [-0.2, -0.15) is 0 Å². The van der Waals surface area contributed by atoms with Crippen molar-refractivity contribution >= 4 is 27.4 Å². The Kier molecular flexibility index (Phi) is 6.68. The molecule has 1 rings (SSSR count).